The highest BCUT2D eigenvalue weighted by molar-refractivity contribution is 9.10. The Balaban J connectivity index is 1.90. The van der Waals surface area contributed by atoms with Crippen LogP contribution >= 0.6 is 15.9 Å². The quantitative estimate of drug-likeness (QED) is 0.661. The number of halogens is 1. The number of ether oxygens (including phenoxy) is 1. The molecule has 0 saturated heterocycles. The van der Waals surface area contributed by atoms with Crippen molar-refractivity contribution in [2.24, 2.45) is 5.10 Å². The van der Waals surface area contributed by atoms with Gasteiger partial charge in [0.1, 0.15) is 5.75 Å². The van der Waals surface area contributed by atoms with Crippen molar-refractivity contribution in [1.29, 1.82) is 0 Å². The molecule has 2 aromatic rings. The summed E-state index contributed by atoms with van der Waals surface area (Å²) in [6, 6.07) is 10.6. The van der Waals surface area contributed by atoms with Crippen molar-refractivity contribution >= 4 is 28.1 Å². The van der Waals surface area contributed by atoms with E-state index in [0.717, 1.165) is 11.3 Å². The molecular formula is C15H15BrN2O3. The van der Waals surface area contributed by atoms with Gasteiger partial charge in [-0.05, 0) is 71.7 Å². The lowest BCUT2D eigenvalue weighted by molar-refractivity contribution is 0.0926. The number of carbonyl (C=O) groups excluding carboxylic acids is 1. The van der Waals surface area contributed by atoms with Crippen LogP contribution < -0.4 is 10.2 Å². The minimum absolute atomic E-state index is 0.136. The van der Waals surface area contributed by atoms with Crippen LogP contribution in [0.15, 0.2) is 50.6 Å². The highest BCUT2D eigenvalue weighted by Crippen LogP contribution is 2.14. The fraction of sp³-hybridized carbons (Fsp3) is 0.200. The molecule has 0 radical (unpaired) electrons. The fourth-order valence-corrected chi connectivity index (χ4v) is 1.87. The summed E-state index contributed by atoms with van der Waals surface area (Å²) in [6.07, 6.45) is 1.69. The molecule has 0 bridgehead atoms. The number of hydrogen-bond donors (Lipinski definition) is 1. The lowest BCUT2D eigenvalue weighted by atomic mass is 10.2. The van der Waals surface area contributed by atoms with Crippen molar-refractivity contribution < 1.29 is 13.9 Å². The number of carbonyl (C=O) groups is 1. The zero-order valence-corrected chi connectivity index (χ0v) is 13.3. The molecule has 0 spiro atoms. The second-order valence-corrected chi connectivity index (χ2v) is 5.32. The Kier molecular flexibility index (Phi) is 5.16. The van der Waals surface area contributed by atoms with Gasteiger partial charge in [-0.3, -0.25) is 4.79 Å². The molecule has 1 heterocycles. The smallest absolute Gasteiger partial charge is 0.307 e. The molecule has 0 fully saturated rings. The fourth-order valence-electron chi connectivity index (χ4n) is 1.56. The highest BCUT2D eigenvalue weighted by atomic mass is 79.9. The van der Waals surface area contributed by atoms with Crippen molar-refractivity contribution in [3.8, 4) is 5.75 Å². The van der Waals surface area contributed by atoms with Crippen LogP contribution in [-0.4, -0.2) is 18.2 Å². The maximum atomic E-state index is 11.7. The van der Waals surface area contributed by atoms with E-state index in [0.29, 0.717) is 4.67 Å². The molecule has 6 heteroatoms. The van der Waals surface area contributed by atoms with E-state index in [4.69, 9.17) is 9.15 Å². The van der Waals surface area contributed by atoms with Gasteiger partial charge >= 0.3 is 5.91 Å². The predicted molar refractivity (Wildman–Crippen MR) is 83.7 cm³/mol. The molecule has 0 saturated carbocycles. The zero-order valence-electron chi connectivity index (χ0n) is 11.7. The third-order valence-electron chi connectivity index (χ3n) is 2.43. The number of amides is 1. The van der Waals surface area contributed by atoms with Gasteiger partial charge in [-0.2, -0.15) is 5.10 Å². The van der Waals surface area contributed by atoms with Crippen molar-refractivity contribution in [1.82, 2.24) is 5.43 Å². The second-order valence-electron chi connectivity index (χ2n) is 4.54. The largest absolute Gasteiger partial charge is 0.491 e. The van der Waals surface area contributed by atoms with Gasteiger partial charge in [0.15, 0.2) is 10.4 Å². The number of hydrogen-bond acceptors (Lipinski definition) is 4. The van der Waals surface area contributed by atoms with Gasteiger partial charge in [-0.25, -0.2) is 5.43 Å². The average molecular weight is 351 g/mol. The average Bonchev–Trinajstić information content (AvgIpc) is 2.87. The maximum Gasteiger partial charge on any atom is 0.307 e. The predicted octanol–water partition coefficient (Wildman–Crippen LogP) is 3.59. The first-order chi connectivity index (χ1) is 10.0. The van der Waals surface area contributed by atoms with Crippen molar-refractivity contribution in [3.63, 3.8) is 0 Å². The number of furan rings is 1. The van der Waals surface area contributed by atoms with E-state index in [1.807, 2.05) is 38.1 Å². The Bertz CT molecular complexity index is 633. The molecule has 5 nitrogen and oxygen atoms in total. The van der Waals surface area contributed by atoms with Crippen LogP contribution in [0, 0.1) is 0 Å². The number of hydrazone groups is 1. The van der Waals surface area contributed by atoms with Gasteiger partial charge in [0, 0.05) is 0 Å². The first-order valence-electron chi connectivity index (χ1n) is 6.40. The van der Waals surface area contributed by atoms with Crippen LogP contribution in [0.25, 0.3) is 0 Å². The minimum atomic E-state index is -0.406. The molecule has 0 aliphatic carbocycles. The van der Waals surface area contributed by atoms with Crippen LogP contribution in [0.4, 0.5) is 0 Å². The lowest BCUT2D eigenvalue weighted by Gasteiger charge is -2.08. The Morgan fingerprint density at radius 3 is 2.57 bits per heavy atom. The SMILES string of the molecule is CC(C)Oc1ccc(/C=N\NC(=O)c2ccc(Br)o2)cc1. The van der Waals surface area contributed by atoms with Crippen molar-refractivity contribution in [3.05, 3.63) is 52.4 Å². The van der Waals surface area contributed by atoms with Gasteiger partial charge in [0.2, 0.25) is 0 Å². The molecule has 0 aliphatic rings. The minimum Gasteiger partial charge on any atom is -0.491 e. The van der Waals surface area contributed by atoms with Crippen molar-refractivity contribution in [2.75, 3.05) is 0 Å². The van der Waals surface area contributed by atoms with Gasteiger partial charge in [0.25, 0.3) is 0 Å². The third kappa shape index (κ3) is 4.75. The summed E-state index contributed by atoms with van der Waals surface area (Å²) >= 11 is 3.13. The Labute approximate surface area is 131 Å². The van der Waals surface area contributed by atoms with Crippen LogP contribution in [0.5, 0.6) is 5.75 Å². The Morgan fingerprint density at radius 2 is 2.00 bits per heavy atom. The van der Waals surface area contributed by atoms with Gasteiger partial charge < -0.3 is 9.15 Å². The lowest BCUT2D eigenvalue weighted by Crippen LogP contribution is -2.16. The topological polar surface area (TPSA) is 63.8 Å². The number of benzene rings is 1. The Morgan fingerprint density at radius 1 is 1.29 bits per heavy atom. The van der Waals surface area contributed by atoms with E-state index in [9.17, 15) is 4.79 Å². The molecule has 110 valence electrons. The molecule has 1 N–H and O–H groups in total. The summed E-state index contributed by atoms with van der Waals surface area (Å²) in [5.74, 6) is 0.586. The summed E-state index contributed by atoms with van der Waals surface area (Å²) < 4.78 is 11.2. The van der Waals surface area contributed by atoms with E-state index in [1.165, 1.54) is 0 Å². The van der Waals surface area contributed by atoms with Gasteiger partial charge in [-0.1, -0.05) is 0 Å². The van der Waals surface area contributed by atoms with E-state index in [2.05, 4.69) is 26.5 Å². The molecule has 0 atom stereocenters. The van der Waals surface area contributed by atoms with Crippen LogP contribution in [0.2, 0.25) is 0 Å². The second kappa shape index (κ2) is 7.08. The highest BCUT2D eigenvalue weighted by Gasteiger charge is 2.08. The number of nitrogens with one attached hydrogen (secondary N) is 1. The number of nitrogens with zero attached hydrogens (tertiary/aromatic N) is 1. The third-order valence-corrected chi connectivity index (χ3v) is 2.85. The van der Waals surface area contributed by atoms with Crippen LogP contribution in [-0.2, 0) is 0 Å². The van der Waals surface area contributed by atoms with E-state index in [1.54, 1.807) is 18.3 Å². The molecule has 1 aromatic carbocycles. The molecule has 1 amide bonds. The standard InChI is InChI=1S/C15H15BrN2O3/c1-10(2)20-12-5-3-11(4-6-12)9-17-18-15(19)13-7-8-14(16)21-13/h3-10H,1-2H3,(H,18,19)/b17-9-. The summed E-state index contributed by atoms with van der Waals surface area (Å²) in [6.45, 7) is 3.94. The molecule has 21 heavy (non-hydrogen) atoms. The molecule has 1 aromatic heterocycles. The molecule has 0 aliphatic heterocycles. The van der Waals surface area contributed by atoms with E-state index >= 15 is 0 Å². The molecule has 2 rings (SSSR count). The Hall–Kier alpha value is -2.08. The van der Waals surface area contributed by atoms with Gasteiger partial charge in [0.05, 0.1) is 12.3 Å². The maximum absolute atomic E-state index is 11.7. The number of rotatable bonds is 5. The summed E-state index contributed by atoms with van der Waals surface area (Å²) in [5, 5.41) is 3.88. The van der Waals surface area contributed by atoms with Gasteiger partial charge in [-0.15, -0.1) is 0 Å². The summed E-state index contributed by atoms with van der Waals surface area (Å²) in [5.41, 5.74) is 3.25. The van der Waals surface area contributed by atoms with E-state index in [-0.39, 0.29) is 11.9 Å². The first kappa shape index (κ1) is 15.3. The zero-order chi connectivity index (χ0) is 15.2. The summed E-state index contributed by atoms with van der Waals surface area (Å²) in [7, 11) is 0. The van der Waals surface area contributed by atoms with Crippen molar-refractivity contribution in [2.45, 2.75) is 20.0 Å². The summed E-state index contributed by atoms with van der Waals surface area (Å²) in [4.78, 5) is 11.7. The monoisotopic (exact) mass is 350 g/mol. The first-order valence-corrected chi connectivity index (χ1v) is 7.19. The molecular weight excluding hydrogens is 336 g/mol. The van der Waals surface area contributed by atoms with E-state index < -0.39 is 5.91 Å². The molecule has 0 unspecified atom stereocenters. The van der Waals surface area contributed by atoms with Crippen LogP contribution in [0.3, 0.4) is 0 Å². The van der Waals surface area contributed by atoms with Crippen LogP contribution in [0.1, 0.15) is 30.0 Å². The normalized spacial score (nSPS) is 11.0.